The van der Waals surface area contributed by atoms with Gasteiger partial charge in [0.25, 0.3) is 0 Å². The highest BCUT2D eigenvalue weighted by Gasteiger charge is 2.71. The van der Waals surface area contributed by atoms with Gasteiger partial charge >= 0.3 is 5.97 Å². The van der Waals surface area contributed by atoms with Gasteiger partial charge in [0.15, 0.2) is 0 Å². The van der Waals surface area contributed by atoms with Crippen LogP contribution < -0.4 is 9.80 Å². The summed E-state index contributed by atoms with van der Waals surface area (Å²) in [5.74, 6) is -7.48. The summed E-state index contributed by atoms with van der Waals surface area (Å²) >= 11 is 0. The van der Waals surface area contributed by atoms with E-state index in [1.807, 2.05) is 38.1 Å². The standard InChI is InChI=1S/C29H26N2O6/c1-4-37-29(36)17-13-16-21-23(27(34)30(25(21)32)18-11-7-5-9-14(18)2)20(17)24-22(16)26(33)31(28(24)35)19-12-8-6-10-15(19)3/h5-13,16,20-24H,4H2,1-3H3/t16?,20?,21-,22-,23-,24-/m1/s1. The minimum Gasteiger partial charge on any atom is -0.463 e. The van der Waals surface area contributed by atoms with Crippen molar-refractivity contribution in [2.24, 2.45) is 35.5 Å². The molecule has 2 aromatic rings. The normalized spacial score (nSPS) is 30.0. The number of allylic oxidation sites excluding steroid dienone is 1. The minimum absolute atomic E-state index is 0.125. The highest BCUT2D eigenvalue weighted by Crippen LogP contribution is 2.61. The summed E-state index contributed by atoms with van der Waals surface area (Å²) in [6, 6.07) is 14.2. The van der Waals surface area contributed by atoms with Gasteiger partial charge in [0.2, 0.25) is 23.6 Å². The van der Waals surface area contributed by atoms with E-state index >= 15 is 0 Å². The largest absolute Gasteiger partial charge is 0.463 e. The van der Waals surface area contributed by atoms with Crippen molar-refractivity contribution in [3.63, 3.8) is 0 Å². The van der Waals surface area contributed by atoms with E-state index in [9.17, 15) is 24.0 Å². The van der Waals surface area contributed by atoms with Gasteiger partial charge in [-0.3, -0.25) is 19.2 Å². The monoisotopic (exact) mass is 498 g/mol. The van der Waals surface area contributed by atoms with Crippen molar-refractivity contribution in [2.45, 2.75) is 20.8 Å². The lowest BCUT2D eigenvalue weighted by Gasteiger charge is -2.46. The average Bonchev–Trinajstić information content (AvgIpc) is 3.31. The molecule has 8 heteroatoms. The lowest BCUT2D eigenvalue weighted by atomic mass is 9.52. The van der Waals surface area contributed by atoms with Gasteiger partial charge in [0, 0.05) is 17.4 Å². The number of hydrogen-bond donors (Lipinski definition) is 0. The molecule has 0 unspecified atom stereocenters. The van der Waals surface area contributed by atoms with Gasteiger partial charge in [-0.05, 0) is 44.0 Å². The van der Waals surface area contributed by atoms with Crippen molar-refractivity contribution >= 4 is 41.0 Å². The van der Waals surface area contributed by atoms with Crippen LogP contribution in [0.1, 0.15) is 18.1 Å². The predicted molar refractivity (Wildman–Crippen MR) is 133 cm³/mol. The van der Waals surface area contributed by atoms with Crippen molar-refractivity contribution in [1.29, 1.82) is 0 Å². The van der Waals surface area contributed by atoms with Crippen LogP contribution >= 0.6 is 0 Å². The van der Waals surface area contributed by atoms with Crippen LogP contribution in [0.5, 0.6) is 0 Å². The predicted octanol–water partition coefficient (Wildman–Crippen LogP) is 2.96. The number of esters is 1. The average molecular weight is 499 g/mol. The van der Waals surface area contributed by atoms with Gasteiger partial charge in [-0.25, -0.2) is 14.6 Å². The SMILES string of the molecule is CCOC(=O)C1=CC2[C@H]3C(=O)N(c4ccccc4C)C(=O)[C@@H]3C1[C@H]1C(=O)N(c3ccccc3C)C(=O)[C@H]21. The number of imide groups is 2. The molecule has 0 radical (unpaired) electrons. The third-order valence-corrected chi connectivity index (χ3v) is 8.35. The molecule has 8 nitrogen and oxygen atoms in total. The summed E-state index contributed by atoms with van der Waals surface area (Å²) in [6.07, 6.45) is 1.63. The summed E-state index contributed by atoms with van der Waals surface area (Å²) in [7, 11) is 0. The van der Waals surface area contributed by atoms with Gasteiger partial charge in [-0.1, -0.05) is 42.5 Å². The molecule has 37 heavy (non-hydrogen) atoms. The molecule has 7 rings (SSSR count). The molecule has 5 aliphatic rings. The van der Waals surface area contributed by atoms with Crippen LogP contribution in [0.2, 0.25) is 0 Å². The number of ether oxygens (including phenoxy) is 1. The second-order valence-electron chi connectivity index (χ2n) is 10.1. The molecule has 2 bridgehead atoms. The molecule has 0 aromatic heterocycles. The molecular weight excluding hydrogens is 472 g/mol. The molecule has 2 saturated heterocycles. The zero-order valence-corrected chi connectivity index (χ0v) is 20.7. The summed E-state index contributed by atoms with van der Waals surface area (Å²) in [5.41, 5.74) is 2.69. The fourth-order valence-electron chi connectivity index (χ4n) is 6.87. The van der Waals surface area contributed by atoms with Crippen LogP contribution in [0, 0.1) is 49.4 Å². The van der Waals surface area contributed by atoms with Crippen LogP contribution in [0.3, 0.4) is 0 Å². The lowest BCUT2D eigenvalue weighted by molar-refractivity contribution is -0.146. The van der Waals surface area contributed by atoms with Crippen molar-refractivity contribution in [2.75, 3.05) is 16.4 Å². The summed E-state index contributed by atoms with van der Waals surface area (Å²) in [6.45, 7) is 5.44. The first kappa shape index (κ1) is 23.3. The number of para-hydroxylation sites is 2. The quantitative estimate of drug-likeness (QED) is 0.475. The topological polar surface area (TPSA) is 101 Å². The first-order chi connectivity index (χ1) is 17.8. The van der Waals surface area contributed by atoms with E-state index in [0.717, 1.165) is 11.1 Å². The summed E-state index contributed by atoms with van der Waals surface area (Å²) in [5, 5.41) is 0. The fraction of sp³-hybridized carbons (Fsp3) is 0.345. The van der Waals surface area contributed by atoms with Crippen molar-refractivity contribution in [1.82, 2.24) is 0 Å². The highest BCUT2D eigenvalue weighted by molar-refractivity contribution is 6.27. The first-order valence-corrected chi connectivity index (χ1v) is 12.5. The maximum atomic E-state index is 13.9. The number of hydrogen-bond acceptors (Lipinski definition) is 6. The number of carbonyl (C=O) groups is 5. The van der Waals surface area contributed by atoms with Crippen molar-refractivity contribution in [3.8, 4) is 0 Å². The summed E-state index contributed by atoms with van der Waals surface area (Å²) in [4.78, 5) is 70.9. The van der Waals surface area contributed by atoms with Gasteiger partial charge < -0.3 is 4.74 Å². The third-order valence-electron chi connectivity index (χ3n) is 8.35. The second kappa shape index (κ2) is 8.23. The Balaban J connectivity index is 1.49. The molecule has 3 fully saturated rings. The Morgan fingerprint density at radius 3 is 1.57 bits per heavy atom. The van der Waals surface area contributed by atoms with Gasteiger partial charge in [-0.15, -0.1) is 0 Å². The number of aryl methyl sites for hydroxylation is 2. The van der Waals surface area contributed by atoms with E-state index in [4.69, 9.17) is 4.74 Å². The van der Waals surface area contributed by atoms with Gasteiger partial charge in [0.05, 0.1) is 41.7 Å². The van der Waals surface area contributed by atoms with E-state index in [-0.39, 0.29) is 12.2 Å². The first-order valence-electron chi connectivity index (χ1n) is 12.5. The Kier molecular flexibility index (Phi) is 5.19. The Labute approximate surface area is 213 Å². The number of carbonyl (C=O) groups excluding carboxylic acids is 5. The maximum absolute atomic E-state index is 13.9. The molecule has 1 saturated carbocycles. The smallest absolute Gasteiger partial charge is 0.334 e. The van der Waals surface area contributed by atoms with Crippen LogP contribution in [0.4, 0.5) is 11.4 Å². The van der Waals surface area contributed by atoms with E-state index in [1.165, 1.54) is 9.80 Å². The molecule has 0 spiro atoms. The molecule has 2 aromatic carbocycles. The minimum atomic E-state index is -0.921. The zero-order valence-electron chi connectivity index (χ0n) is 20.7. The van der Waals surface area contributed by atoms with Crippen molar-refractivity contribution < 1.29 is 28.7 Å². The molecule has 2 aliphatic heterocycles. The van der Waals surface area contributed by atoms with Crippen LogP contribution in [-0.4, -0.2) is 36.2 Å². The van der Waals surface area contributed by atoms with Crippen LogP contribution in [0.25, 0.3) is 0 Å². The Hall–Kier alpha value is -4.07. The lowest BCUT2D eigenvalue weighted by Crippen LogP contribution is -2.53. The second-order valence-corrected chi connectivity index (χ2v) is 10.1. The molecule has 4 amide bonds. The number of amides is 4. The van der Waals surface area contributed by atoms with Crippen LogP contribution in [-0.2, 0) is 28.7 Å². The molecular formula is C29H26N2O6. The molecule has 2 heterocycles. The zero-order chi connectivity index (χ0) is 26.2. The molecule has 3 aliphatic carbocycles. The number of rotatable bonds is 4. The van der Waals surface area contributed by atoms with Crippen LogP contribution in [0.15, 0.2) is 60.2 Å². The van der Waals surface area contributed by atoms with E-state index < -0.39 is 65.1 Å². The number of nitrogens with zero attached hydrogens (tertiary/aromatic N) is 2. The Morgan fingerprint density at radius 2 is 1.14 bits per heavy atom. The van der Waals surface area contributed by atoms with Gasteiger partial charge in [-0.2, -0.15) is 0 Å². The number of benzene rings is 2. The summed E-state index contributed by atoms with van der Waals surface area (Å²) < 4.78 is 5.29. The number of anilines is 2. The molecule has 188 valence electrons. The molecule has 0 N–H and O–H groups in total. The van der Waals surface area contributed by atoms with Crippen molar-refractivity contribution in [3.05, 3.63) is 71.3 Å². The van der Waals surface area contributed by atoms with E-state index in [1.54, 1.807) is 37.3 Å². The Bertz CT molecular complexity index is 1340. The van der Waals surface area contributed by atoms with E-state index in [0.29, 0.717) is 11.4 Å². The molecule has 4 atom stereocenters. The fourth-order valence-corrected chi connectivity index (χ4v) is 6.87. The maximum Gasteiger partial charge on any atom is 0.334 e. The highest BCUT2D eigenvalue weighted by atomic mass is 16.5. The van der Waals surface area contributed by atoms with E-state index in [2.05, 4.69) is 0 Å². The van der Waals surface area contributed by atoms with Gasteiger partial charge in [0.1, 0.15) is 0 Å². The Morgan fingerprint density at radius 1 is 0.703 bits per heavy atom. The third kappa shape index (κ3) is 3.04.